The molecule has 0 bridgehead atoms. The van der Waals surface area contributed by atoms with Gasteiger partial charge in [-0.2, -0.15) is 0 Å². The summed E-state index contributed by atoms with van der Waals surface area (Å²) in [5.41, 5.74) is -0.599. The van der Waals surface area contributed by atoms with E-state index in [1.54, 1.807) is 33.0 Å². The SMILES string of the molecule is CN(C(=O)c1ccc(C#CCO)s1)C(C)(C)CO. The van der Waals surface area contributed by atoms with Crippen LogP contribution in [0.3, 0.4) is 0 Å². The minimum atomic E-state index is -0.599. The highest BCUT2D eigenvalue weighted by molar-refractivity contribution is 7.14. The summed E-state index contributed by atoms with van der Waals surface area (Å²) in [4.78, 5) is 15.0. The molecule has 0 atom stereocenters. The van der Waals surface area contributed by atoms with Crippen molar-refractivity contribution >= 4 is 17.2 Å². The van der Waals surface area contributed by atoms with Gasteiger partial charge in [0.2, 0.25) is 0 Å². The third-order valence-corrected chi connectivity index (χ3v) is 3.70. The molecule has 5 heteroatoms. The molecule has 0 aliphatic carbocycles. The van der Waals surface area contributed by atoms with Gasteiger partial charge in [-0.3, -0.25) is 4.79 Å². The van der Waals surface area contributed by atoms with Gasteiger partial charge in [0, 0.05) is 7.05 Å². The molecule has 0 fully saturated rings. The van der Waals surface area contributed by atoms with E-state index in [2.05, 4.69) is 11.8 Å². The summed E-state index contributed by atoms with van der Waals surface area (Å²) in [6.45, 7) is 3.30. The van der Waals surface area contributed by atoms with Gasteiger partial charge < -0.3 is 15.1 Å². The van der Waals surface area contributed by atoms with E-state index >= 15 is 0 Å². The Labute approximate surface area is 111 Å². The average molecular weight is 267 g/mol. The van der Waals surface area contributed by atoms with Crippen LogP contribution in [0, 0.1) is 11.8 Å². The predicted molar refractivity (Wildman–Crippen MR) is 71.5 cm³/mol. The Hall–Kier alpha value is -1.35. The molecule has 0 spiro atoms. The highest BCUT2D eigenvalue weighted by Crippen LogP contribution is 2.21. The van der Waals surface area contributed by atoms with E-state index in [9.17, 15) is 9.90 Å². The van der Waals surface area contributed by atoms with Gasteiger partial charge in [0.15, 0.2) is 0 Å². The van der Waals surface area contributed by atoms with Crippen LogP contribution in [0.25, 0.3) is 0 Å². The zero-order chi connectivity index (χ0) is 13.8. The van der Waals surface area contributed by atoms with Gasteiger partial charge in [-0.05, 0) is 26.0 Å². The van der Waals surface area contributed by atoms with Crippen LogP contribution in [-0.4, -0.2) is 46.8 Å². The first-order chi connectivity index (χ1) is 8.42. The summed E-state index contributed by atoms with van der Waals surface area (Å²) in [6, 6.07) is 3.46. The van der Waals surface area contributed by atoms with Crippen molar-refractivity contribution in [1.82, 2.24) is 4.90 Å². The lowest BCUT2D eigenvalue weighted by Crippen LogP contribution is -2.47. The van der Waals surface area contributed by atoms with E-state index in [1.807, 2.05) is 0 Å². The Morgan fingerprint density at radius 2 is 2.11 bits per heavy atom. The molecule has 1 aromatic heterocycles. The predicted octanol–water partition coefficient (Wildman–Crippen LogP) is 0.935. The number of rotatable bonds is 3. The second kappa shape index (κ2) is 6.01. The van der Waals surface area contributed by atoms with Gasteiger partial charge in [0.1, 0.15) is 6.61 Å². The first-order valence-corrected chi connectivity index (χ1v) is 6.32. The van der Waals surface area contributed by atoms with Gasteiger partial charge in [0.25, 0.3) is 5.91 Å². The summed E-state index contributed by atoms with van der Waals surface area (Å²) in [7, 11) is 1.66. The van der Waals surface area contributed by atoms with Crippen molar-refractivity contribution in [3.63, 3.8) is 0 Å². The molecule has 0 saturated carbocycles. The number of aliphatic hydroxyl groups is 2. The number of nitrogens with zero attached hydrogens (tertiary/aromatic N) is 1. The molecular weight excluding hydrogens is 250 g/mol. The molecule has 0 radical (unpaired) electrons. The number of carbonyl (C=O) groups excluding carboxylic acids is 1. The van der Waals surface area contributed by atoms with Crippen molar-refractivity contribution in [3.8, 4) is 11.8 Å². The van der Waals surface area contributed by atoms with Crippen molar-refractivity contribution in [3.05, 3.63) is 21.9 Å². The zero-order valence-corrected chi connectivity index (χ0v) is 11.5. The first-order valence-electron chi connectivity index (χ1n) is 5.51. The standard InChI is InChI=1S/C13H17NO3S/c1-13(2,9-16)14(3)12(17)11-7-6-10(18-11)5-4-8-15/h6-7,15-16H,8-9H2,1-3H3. The molecule has 1 rings (SSSR count). The molecular formula is C13H17NO3S. The Morgan fingerprint density at radius 1 is 1.44 bits per heavy atom. The fourth-order valence-electron chi connectivity index (χ4n) is 1.19. The van der Waals surface area contributed by atoms with Crippen molar-refractivity contribution in [2.24, 2.45) is 0 Å². The van der Waals surface area contributed by atoms with E-state index in [1.165, 1.54) is 16.2 Å². The third kappa shape index (κ3) is 3.33. The normalized spacial score (nSPS) is 10.7. The Morgan fingerprint density at radius 3 is 2.67 bits per heavy atom. The van der Waals surface area contributed by atoms with Crippen molar-refractivity contribution in [1.29, 1.82) is 0 Å². The Bertz CT molecular complexity index is 482. The number of aliphatic hydroxyl groups excluding tert-OH is 2. The summed E-state index contributed by atoms with van der Waals surface area (Å²) < 4.78 is 0. The highest BCUT2D eigenvalue weighted by Gasteiger charge is 2.28. The number of thiophene rings is 1. The summed E-state index contributed by atoms with van der Waals surface area (Å²) in [6.07, 6.45) is 0. The lowest BCUT2D eigenvalue weighted by Gasteiger charge is -2.33. The smallest absolute Gasteiger partial charge is 0.264 e. The molecule has 1 amide bonds. The van der Waals surface area contributed by atoms with Crippen LogP contribution in [0.15, 0.2) is 12.1 Å². The maximum absolute atomic E-state index is 12.2. The molecule has 0 aromatic carbocycles. The highest BCUT2D eigenvalue weighted by atomic mass is 32.1. The van der Waals surface area contributed by atoms with Gasteiger partial charge in [-0.1, -0.05) is 11.8 Å². The quantitative estimate of drug-likeness (QED) is 0.801. The van der Waals surface area contributed by atoms with Crippen molar-refractivity contribution in [2.75, 3.05) is 20.3 Å². The summed E-state index contributed by atoms with van der Waals surface area (Å²) in [5, 5.41) is 17.8. The van der Waals surface area contributed by atoms with Crippen LogP contribution >= 0.6 is 11.3 Å². The number of likely N-dealkylation sites (N-methyl/N-ethyl adjacent to an activating group) is 1. The largest absolute Gasteiger partial charge is 0.394 e. The minimum absolute atomic E-state index is 0.0994. The fourth-order valence-corrected chi connectivity index (χ4v) is 2.05. The molecule has 98 valence electrons. The molecule has 0 unspecified atom stereocenters. The van der Waals surface area contributed by atoms with Crippen LogP contribution in [-0.2, 0) is 0 Å². The van der Waals surface area contributed by atoms with Gasteiger partial charge >= 0.3 is 0 Å². The number of carbonyl (C=O) groups is 1. The molecule has 0 aliphatic heterocycles. The second-order valence-electron chi connectivity index (χ2n) is 4.46. The van der Waals surface area contributed by atoms with Crippen LogP contribution in [0.1, 0.15) is 28.4 Å². The van der Waals surface area contributed by atoms with E-state index in [0.717, 1.165) is 4.88 Å². The van der Waals surface area contributed by atoms with E-state index in [-0.39, 0.29) is 19.1 Å². The zero-order valence-electron chi connectivity index (χ0n) is 10.7. The van der Waals surface area contributed by atoms with Gasteiger partial charge in [0.05, 0.1) is 21.9 Å². The van der Waals surface area contributed by atoms with E-state index in [4.69, 9.17) is 5.11 Å². The van der Waals surface area contributed by atoms with Crippen LogP contribution in [0.2, 0.25) is 0 Å². The molecule has 4 nitrogen and oxygen atoms in total. The Kier molecular flexibility index (Phi) is 4.91. The Balaban J connectivity index is 2.88. The molecule has 1 heterocycles. The van der Waals surface area contributed by atoms with Gasteiger partial charge in [-0.15, -0.1) is 11.3 Å². The monoisotopic (exact) mass is 267 g/mol. The maximum atomic E-state index is 12.2. The number of hydrogen-bond acceptors (Lipinski definition) is 4. The molecule has 1 aromatic rings. The lowest BCUT2D eigenvalue weighted by molar-refractivity contribution is 0.0478. The van der Waals surface area contributed by atoms with Crippen molar-refractivity contribution < 1.29 is 15.0 Å². The lowest BCUT2D eigenvalue weighted by atomic mass is 10.1. The van der Waals surface area contributed by atoms with E-state index < -0.39 is 5.54 Å². The van der Waals surface area contributed by atoms with E-state index in [0.29, 0.717) is 4.88 Å². The first kappa shape index (κ1) is 14.7. The van der Waals surface area contributed by atoms with Crippen molar-refractivity contribution in [2.45, 2.75) is 19.4 Å². The topological polar surface area (TPSA) is 60.8 Å². The summed E-state index contributed by atoms with van der Waals surface area (Å²) in [5.74, 6) is 5.16. The fraction of sp³-hybridized carbons (Fsp3) is 0.462. The average Bonchev–Trinajstić information content (AvgIpc) is 2.83. The van der Waals surface area contributed by atoms with Crippen LogP contribution in [0.4, 0.5) is 0 Å². The molecule has 2 N–H and O–H groups in total. The summed E-state index contributed by atoms with van der Waals surface area (Å²) >= 11 is 1.28. The number of amides is 1. The second-order valence-corrected chi connectivity index (χ2v) is 5.54. The number of hydrogen-bond donors (Lipinski definition) is 2. The molecule has 18 heavy (non-hydrogen) atoms. The maximum Gasteiger partial charge on any atom is 0.264 e. The van der Waals surface area contributed by atoms with Crippen LogP contribution < -0.4 is 0 Å². The molecule has 0 aliphatic rings. The van der Waals surface area contributed by atoms with Gasteiger partial charge in [-0.25, -0.2) is 0 Å². The third-order valence-electron chi connectivity index (χ3n) is 2.71. The van der Waals surface area contributed by atoms with Crippen LogP contribution in [0.5, 0.6) is 0 Å². The minimum Gasteiger partial charge on any atom is -0.394 e. The molecule has 0 saturated heterocycles.